The second-order valence-electron chi connectivity index (χ2n) is 16.0. The van der Waals surface area contributed by atoms with Crippen LogP contribution in [0, 0.1) is 24.8 Å². The molecule has 0 aliphatic heterocycles. The first kappa shape index (κ1) is 41.2. The molecule has 0 unspecified atom stereocenters. The van der Waals surface area contributed by atoms with Gasteiger partial charge in [0.15, 0.2) is 5.78 Å². The molecule has 1 aliphatic rings. The van der Waals surface area contributed by atoms with Crippen molar-refractivity contribution in [2.24, 2.45) is 11.8 Å². The fourth-order valence-corrected chi connectivity index (χ4v) is 9.61. The molecule has 0 spiro atoms. The van der Waals surface area contributed by atoms with Crippen LogP contribution in [0.1, 0.15) is 85.3 Å². The van der Waals surface area contributed by atoms with Crippen molar-refractivity contribution in [1.29, 1.82) is 0 Å². The molecule has 0 saturated heterocycles. The number of rotatable bonds is 9. The number of carbonyl (C=O) groups excluding carboxylic acids is 1. The molecule has 0 atom stereocenters. The third kappa shape index (κ3) is 7.66. The second kappa shape index (κ2) is 17.0. The van der Waals surface area contributed by atoms with E-state index in [1.807, 2.05) is 45.2 Å². The number of hydrogen-bond donors (Lipinski definition) is 1. The van der Waals surface area contributed by atoms with Crippen LogP contribution in [0.3, 0.4) is 0 Å². The molecule has 5 aromatic carbocycles. The number of aryl methyl sites for hydroxylation is 1. The van der Waals surface area contributed by atoms with Gasteiger partial charge in [0.25, 0.3) is 0 Å². The van der Waals surface area contributed by atoms with Crippen molar-refractivity contribution in [1.82, 2.24) is 4.98 Å². The number of allylic oxidation sites excluding steroid dienone is 2. The summed E-state index contributed by atoms with van der Waals surface area (Å²) in [5.41, 5.74) is 11.4. The zero-order valence-electron chi connectivity index (χ0n) is 33.8. The molecule has 7 aromatic rings. The molecule has 1 radical (unpaired) electrons. The van der Waals surface area contributed by atoms with Crippen LogP contribution >= 0.6 is 11.3 Å². The summed E-state index contributed by atoms with van der Waals surface area (Å²) in [5.74, 6) is 0.547. The fourth-order valence-electron chi connectivity index (χ4n) is 8.31. The standard InChI is InChI=1S/C38H28NS.C13H24O2.Ir/c1-22-27-17-18-39-35(26-19-24-9-5-6-12-28(24)33(21-26)38(2,3)4)37(27)40-36(22)25-15-16-29-30-13-7-10-23-11-8-14-31(34(23)30)32(29)20-25;1-5-10(6-2)12(14)9-13(15)11(7-3)8-4;/h5-18,20-21H,1-4H3;9-11,14H,5-8H2,1-4H3;/q-1;;/b;12-9-;. The van der Waals surface area contributed by atoms with Crippen LogP contribution in [0.4, 0.5) is 0 Å². The third-order valence-corrected chi connectivity index (χ3v) is 12.9. The van der Waals surface area contributed by atoms with E-state index in [0.717, 1.165) is 42.3 Å². The summed E-state index contributed by atoms with van der Waals surface area (Å²) in [4.78, 5) is 18.0. The number of fused-ring (bicyclic) bond motifs is 5. The van der Waals surface area contributed by atoms with Crippen molar-refractivity contribution in [3.05, 3.63) is 126 Å². The largest absolute Gasteiger partial charge is 0.512 e. The molecule has 0 amide bonds. The maximum atomic E-state index is 11.7. The minimum Gasteiger partial charge on any atom is -0.512 e. The minimum atomic E-state index is 0. The Morgan fingerprint density at radius 2 is 1.45 bits per heavy atom. The van der Waals surface area contributed by atoms with Gasteiger partial charge in [0.1, 0.15) is 0 Å². The van der Waals surface area contributed by atoms with Crippen LogP contribution in [0.15, 0.2) is 109 Å². The summed E-state index contributed by atoms with van der Waals surface area (Å²) in [5, 5.41) is 16.1. The van der Waals surface area contributed by atoms with Gasteiger partial charge in [-0.15, -0.1) is 40.5 Å². The van der Waals surface area contributed by atoms with Crippen molar-refractivity contribution >= 4 is 48.8 Å². The average Bonchev–Trinajstić information content (AvgIpc) is 3.70. The number of aliphatic hydroxyl groups excluding tert-OH is 1. The number of hydrogen-bond acceptors (Lipinski definition) is 4. The van der Waals surface area contributed by atoms with Gasteiger partial charge in [0.05, 0.1) is 5.76 Å². The summed E-state index contributed by atoms with van der Waals surface area (Å²) in [6.07, 6.45) is 6.87. The Morgan fingerprint density at radius 1 is 0.786 bits per heavy atom. The van der Waals surface area contributed by atoms with E-state index in [2.05, 4.69) is 125 Å². The molecule has 5 heteroatoms. The van der Waals surface area contributed by atoms with Gasteiger partial charge >= 0.3 is 0 Å². The molecule has 2 heterocycles. The molecule has 2 aromatic heterocycles. The van der Waals surface area contributed by atoms with Gasteiger partial charge in [-0.1, -0.05) is 126 Å². The van der Waals surface area contributed by atoms with E-state index < -0.39 is 0 Å². The molecule has 3 nitrogen and oxygen atoms in total. The molecule has 56 heavy (non-hydrogen) atoms. The summed E-state index contributed by atoms with van der Waals surface area (Å²) in [6, 6.07) is 37.1. The number of aromatic nitrogens is 1. The maximum absolute atomic E-state index is 11.7. The Hall–Kier alpha value is -4.41. The van der Waals surface area contributed by atoms with Crippen molar-refractivity contribution in [3.63, 3.8) is 0 Å². The van der Waals surface area contributed by atoms with E-state index in [4.69, 9.17) is 4.98 Å². The fraction of sp³-hybridized carbons (Fsp3) is 0.294. The number of pyridine rings is 1. The van der Waals surface area contributed by atoms with Gasteiger partial charge in [-0.3, -0.25) is 9.78 Å². The molecule has 1 aliphatic carbocycles. The van der Waals surface area contributed by atoms with Gasteiger partial charge < -0.3 is 5.11 Å². The van der Waals surface area contributed by atoms with Gasteiger partial charge in [-0.05, 0) is 99.7 Å². The summed E-state index contributed by atoms with van der Waals surface area (Å²) < 4.78 is 1.23. The zero-order chi connectivity index (χ0) is 39.0. The second-order valence-corrected chi connectivity index (χ2v) is 17.0. The van der Waals surface area contributed by atoms with Crippen molar-refractivity contribution < 1.29 is 30.0 Å². The maximum Gasteiger partial charge on any atom is 0.162 e. The monoisotopic (exact) mass is 935 g/mol. The SMILES string of the molecule is CCC(CC)C(=O)/C=C(\O)C(CC)CC.Cc1c(-c2ccc3c(c2)-c2cccc4cccc-3c24)sc2c(-c3[c-]c4ccccc4c(C(C)(C)C)c3)nccc12.[Ir]. The number of carbonyl (C=O) groups is 1. The Bertz CT molecular complexity index is 2580. The number of benzene rings is 5. The quantitative estimate of drug-likeness (QED) is 0.0891. The van der Waals surface area contributed by atoms with Crippen LogP contribution in [0.5, 0.6) is 0 Å². The summed E-state index contributed by atoms with van der Waals surface area (Å²) >= 11 is 1.86. The topological polar surface area (TPSA) is 50.2 Å². The smallest absolute Gasteiger partial charge is 0.162 e. The van der Waals surface area contributed by atoms with E-state index >= 15 is 0 Å². The van der Waals surface area contributed by atoms with Crippen molar-refractivity contribution in [2.75, 3.05) is 0 Å². The Kier molecular flexibility index (Phi) is 12.5. The Balaban J connectivity index is 0.000000286. The molecule has 0 fully saturated rings. The number of nitrogens with zero attached hydrogens (tertiary/aromatic N) is 1. The summed E-state index contributed by atoms with van der Waals surface area (Å²) in [7, 11) is 0. The summed E-state index contributed by atoms with van der Waals surface area (Å²) in [6.45, 7) is 17.2. The first-order valence-corrected chi connectivity index (χ1v) is 20.8. The minimum absolute atomic E-state index is 0. The number of aliphatic hydroxyl groups is 1. The van der Waals surface area contributed by atoms with E-state index in [-0.39, 0.29) is 48.9 Å². The number of thiophene rings is 1. The normalized spacial score (nSPS) is 12.3. The Morgan fingerprint density at radius 3 is 2.11 bits per heavy atom. The van der Waals surface area contributed by atoms with Crippen LogP contribution in [0.25, 0.3) is 75.6 Å². The van der Waals surface area contributed by atoms with Gasteiger partial charge in [-0.2, -0.15) is 0 Å². The van der Waals surface area contributed by atoms with Crippen molar-refractivity contribution in [3.8, 4) is 44.0 Å². The zero-order valence-corrected chi connectivity index (χ0v) is 37.1. The third-order valence-electron chi connectivity index (χ3n) is 11.5. The van der Waals surface area contributed by atoms with E-state index in [0.29, 0.717) is 0 Å². The van der Waals surface area contributed by atoms with Gasteiger partial charge in [-0.25, -0.2) is 0 Å². The van der Waals surface area contributed by atoms with E-state index in [1.54, 1.807) is 0 Å². The average molecular weight is 935 g/mol. The molecule has 1 N–H and O–H groups in total. The van der Waals surface area contributed by atoms with Crippen LogP contribution < -0.4 is 0 Å². The first-order chi connectivity index (χ1) is 26.5. The number of ketones is 1. The first-order valence-electron chi connectivity index (χ1n) is 19.9. The predicted octanol–water partition coefficient (Wildman–Crippen LogP) is 14.9. The van der Waals surface area contributed by atoms with Crippen LogP contribution in [-0.2, 0) is 30.3 Å². The predicted molar refractivity (Wildman–Crippen MR) is 236 cm³/mol. The molecule has 0 saturated carbocycles. The van der Waals surface area contributed by atoms with Gasteiger partial charge in [0.2, 0.25) is 0 Å². The van der Waals surface area contributed by atoms with Crippen molar-refractivity contribution in [2.45, 2.75) is 86.5 Å². The molecule has 289 valence electrons. The molecule has 8 rings (SSSR count). The molecular formula is C51H52IrNO2S-. The van der Waals surface area contributed by atoms with Crippen LogP contribution in [-0.4, -0.2) is 15.9 Å². The van der Waals surface area contributed by atoms with E-state index in [9.17, 15) is 9.90 Å². The van der Waals surface area contributed by atoms with E-state index in [1.165, 1.54) is 76.1 Å². The van der Waals surface area contributed by atoms with Gasteiger partial charge in [0, 0.05) is 59.5 Å². The Labute approximate surface area is 350 Å². The van der Waals surface area contributed by atoms with Crippen LogP contribution in [0.2, 0.25) is 0 Å². The molecule has 0 bridgehead atoms. The molecular weight excluding hydrogens is 883 g/mol.